The van der Waals surface area contributed by atoms with E-state index in [0.717, 1.165) is 32.3 Å². The number of aromatic nitrogens is 3. The van der Waals surface area contributed by atoms with Crippen molar-refractivity contribution in [1.82, 2.24) is 25.4 Å². The maximum absolute atomic E-state index is 12.3. The van der Waals surface area contributed by atoms with Crippen LogP contribution < -0.4 is 5.32 Å². The van der Waals surface area contributed by atoms with Gasteiger partial charge in [-0.3, -0.25) is 5.10 Å². The van der Waals surface area contributed by atoms with Gasteiger partial charge in [-0.15, -0.1) is 0 Å². The molecule has 1 saturated carbocycles. The lowest BCUT2D eigenvalue weighted by Gasteiger charge is -2.43. The van der Waals surface area contributed by atoms with E-state index >= 15 is 0 Å². The number of carbonyl (C=O) groups excluding carboxylic acids is 1. The molecule has 1 aliphatic heterocycles. The first-order chi connectivity index (χ1) is 10.7. The van der Waals surface area contributed by atoms with E-state index in [4.69, 9.17) is 4.74 Å². The lowest BCUT2D eigenvalue weighted by molar-refractivity contribution is -0.108. The highest BCUT2D eigenvalue weighted by molar-refractivity contribution is 5.74. The normalized spacial score (nSPS) is 24.1. The van der Waals surface area contributed by atoms with Crippen LogP contribution in [0.15, 0.2) is 6.33 Å². The molecule has 0 aromatic carbocycles. The third kappa shape index (κ3) is 3.58. The molecule has 2 fully saturated rings. The highest BCUT2D eigenvalue weighted by Crippen LogP contribution is 2.38. The largest absolute Gasteiger partial charge is 0.375 e. The summed E-state index contributed by atoms with van der Waals surface area (Å²) in [4.78, 5) is 18.0. The number of amides is 2. The molecule has 3 rings (SSSR count). The number of carbonyl (C=O) groups is 1. The number of rotatable bonds is 3. The smallest absolute Gasteiger partial charge is 0.317 e. The van der Waals surface area contributed by atoms with Crippen molar-refractivity contribution in [2.45, 2.75) is 63.1 Å². The van der Waals surface area contributed by atoms with Crippen molar-refractivity contribution in [2.24, 2.45) is 0 Å². The highest BCUT2D eigenvalue weighted by Gasteiger charge is 2.39. The lowest BCUT2D eigenvalue weighted by Crippen LogP contribution is -2.51. The van der Waals surface area contributed by atoms with Crippen molar-refractivity contribution in [3.63, 3.8) is 0 Å². The Morgan fingerprint density at radius 1 is 1.50 bits per heavy atom. The fraction of sp³-hybridized carbons (Fsp3) is 0.800. The third-order valence-electron chi connectivity index (χ3n) is 4.78. The van der Waals surface area contributed by atoms with Gasteiger partial charge in [0.05, 0.1) is 12.1 Å². The number of hydrogen-bond acceptors (Lipinski definition) is 4. The van der Waals surface area contributed by atoms with Gasteiger partial charge in [0, 0.05) is 19.7 Å². The molecular weight excluding hydrogens is 282 g/mol. The number of urea groups is 1. The molecule has 7 nitrogen and oxygen atoms in total. The summed E-state index contributed by atoms with van der Waals surface area (Å²) in [6, 6.07) is 0.144. The number of nitrogens with one attached hydrogen (secondary N) is 2. The molecule has 1 atom stereocenters. The maximum Gasteiger partial charge on any atom is 0.317 e. The first-order valence-corrected chi connectivity index (χ1v) is 8.17. The first kappa shape index (κ1) is 15.3. The van der Waals surface area contributed by atoms with Crippen LogP contribution in [0.1, 0.15) is 50.8 Å². The van der Waals surface area contributed by atoms with E-state index in [1.165, 1.54) is 25.6 Å². The minimum Gasteiger partial charge on any atom is -0.375 e. The summed E-state index contributed by atoms with van der Waals surface area (Å²) in [6.07, 6.45) is 9.34. The molecule has 7 heteroatoms. The average molecular weight is 307 g/mol. The molecule has 2 N–H and O–H groups in total. The van der Waals surface area contributed by atoms with Crippen LogP contribution in [0.5, 0.6) is 0 Å². The maximum atomic E-state index is 12.3. The number of ether oxygens (including phenoxy) is 1. The number of aromatic amines is 1. The van der Waals surface area contributed by atoms with Crippen LogP contribution in [0.2, 0.25) is 0 Å². The number of hydrogen-bond donors (Lipinski definition) is 2. The summed E-state index contributed by atoms with van der Waals surface area (Å²) in [7, 11) is 1.77. The van der Waals surface area contributed by atoms with E-state index in [1.807, 2.05) is 0 Å². The molecule has 22 heavy (non-hydrogen) atoms. The zero-order chi connectivity index (χ0) is 15.4. The van der Waals surface area contributed by atoms with Gasteiger partial charge in [-0.25, -0.2) is 9.78 Å². The average Bonchev–Trinajstić information content (AvgIpc) is 3.01. The number of nitrogens with zero attached hydrogens (tertiary/aromatic N) is 3. The molecule has 2 heterocycles. The standard InChI is InChI=1S/C15H25N5O2/c1-20(10-13-16-11-17-19-13)14(21)18-12-5-8-22-15(9-12)6-3-2-4-7-15/h11-12H,2-10H2,1H3,(H,18,21)(H,16,17,19). The van der Waals surface area contributed by atoms with Crippen LogP contribution in [0, 0.1) is 0 Å². The van der Waals surface area contributed by atoms with E-state index in [2.05, 4.69) is 20.5 Å². The molecule has 1 saturated heterocycles. The third-order valence-corrected chi connectivity index (χ3v) is 4.78. The summed E-state index contributed by atoms with van der Waals surface area (Å²) < 4.78 is 6.08. The van der Waals surface area contributed by atoms with Crippen molar-refractivity contribution in [2.75, 3.05) is 13.7 Å². The molecular formula is C15H25N5O2. The van der Waals surface area contributed by atoms with Gasteiger partial charge in [-0.05, 0) is 25.7 Å². The van der Waals surface area contributed by atoms with Crippen molar-refractivity contribution >= 4 is 6.03 Å². The Kier molecular flexibility index (Phi) is 4.61. The zero-order valence-corrected chi connectivity index (χ0v) is 13.2. The quantitative estimate of drug-likeness (QED) is 0.892. The van der Waals surface area contributed by atoms with E-state index in [0.29, 0.717) is 12.4 Å². The van der Waals surface area contributed by atoms with Gasteiger partial charge in [-0.2, -0.15) is 5.10 Å². The molecule has 2 aliphatic rings. The van der Waals surface area contributed by atoms with Crippen LogP contribution in [0.25, 0.3) is 0 Å². The predicted molar refractivity (Wildman–Crippen MR) is 81.2 cm³/mol. The summed E-state index contributed by atoms with van der Waals surface area (Å²) in [5, 5.41) is 9.71. The summed E-state index contributed by atoms with van der Waals surface area (Å²) >= 11 is 0. The van der Waals surface area contributed by atoms with Crippen molar-refractivity contribution < 1.29 is 9.53 Å². The molecule has 1 aliphatic carbocycles. The molecule has 1 unspecified atom stereocenters. The Hall–Kier alpha value is -1.63. The fourth-order valence-electron chi connectivity index (χ4n) is 3.58. The molecule has 0 radical (unpaired) electrons. The Labute approximate surface area is 130 Å². The van der Waals surface area contributed by atoms with E-state index in [1.54, 1.807) is 11.9 Å². The van der Waals surface area contributed by atoms with Gasteiger partial charge in [-0.1, -0.05) is 19.3 Å². The second kappa shape index (κ2) is 6.64. The predicted octanol–water partition coefficient (Wildman–Crippen LogP) is 1.83. The van der Waals surface area contributed by atoms with E-state index < -0.39 is 0 Å². The van der Waals surface area contributed by atoms with Crippen molar-refractivity contribution in [1.29, 1.82) is 0 Å². The van der Waals surface area contributed by atoms with E-state index in [-0.39, 0.29) is 17.7 Å². The van der Waals surface area contributed by atoms with Gasteiger partial charge in [0.25, 0.3) is 0 Å². The Balaban J connectivity index is 1.52. The summed E-state index contributed by atoms with van der Waals surface area (Å²) in [5.74, 6) is 0.688. The van der Waals surface area contributed by atoms with E-state index in [9.17, 15) is 4.79 Å². The van der Waals surface area contributed by atoms with Gasteiger partial charge >= 0.3 is 6.03 Å². The minimum absolute atomic E-state index is 0.0119. The van der Waals surface area contributed by atoms with Crippen LogP contribution in [-0.4, -0.2) is 51.4 Å². The summed E-state index contributed by atoms with van der Waals surface area (Å²) in [6.45, 7) is 1.18. The molecule has 122 valence electrons. The monoisotopic (exact) mass is 307 g/mol. The number of H-pyrrole nitrogens is 1. The van der Waals surface area contributed by atoms with Gasteiger partial charge < -0.3 is 15.0 Å². The van der Waals surface area contributed by atoms with Crippen molar-refractivity contribution in [3.05, 3.63) is 12.2 Å². The van der Waals surface area contributed by atoms with Crippen LogP contribution in [0.4, 0.5) is 4.79 Å². The van der Waals surface area contributed by atoms with Crippen LogP contribution in [-0.2, 0) is 11.3 Å². The SMILES string of the molecule is CN(Cc1ncn[nH]1)C(=O)NC1CCOC2(CCCCC2)C1. The lowest BCUT2D eigenvalue weighted by atomic mass is 9.78. The molecule has 0 bridgehead atoms. The Bertz CT molecular complexity index is 479. The van der Waals surface area contributed by atoms with Gasteiger partial charge in [0.15, 0.2) is 0 Å². The molecule has 1 aromatic heterocycles. The minimum atomic E-state index is -0.0609. The molecule has 1 aromatic rings. The zero-order valence-electron chi connectivity index (χ0n) is 13.2. The molecule has 1 spiro atoms. The fourth-order valence-corrected chi connectivity index (χ4v) is 3.58. The van der Waals surface area contributed by atoms with Gasteiger partial charge in [0.2, 0.25) is 0 Å². The van der Waals surface area contributed by atoms with Crippen LogP contribution >= 0.6 is 0 Å². The highest BCUT2D eigenvalue weighted by atomic mass is 16.5. The van der Waals surface area contributed by atoms with Crippen molar-refractivity contribution in [3.8, 4) is 0 Å². The Morgan fingerprint density at radius 3 is 3.05 bits per heavy atom. The topological polar surface area (TPSA) is 83.1 Å². The second-order valence-corrected chi connectivity index (χ2v) is 6.52. The first-order valence-electron chi connectivity index (χ1n) is 8.17. The molecule has 2 amide bonds. The van der Waals surface area contributed by atoms with Crippen LogP contribution in [0.3, 0.4) is 0 Å². The van der Waals surface area contributed by atoms with Gasteiger partial charge in [0.1, 0.15) is 12.2 Å². The Morgan fingerprint density at radius 2 is 2.32 bits per heavy atom. The summed E-state index contributed by atoms with van der Waals surface area (Å²) in [5.41, 5.74) is 0.0119. The second-order valence-electron chi connectivity index (χ2n) is 6.52.